The van der Waals surface area contributed by atoms with Crippen molar-refractivity contribution in [2.45, 2.75) is 26.4 Å². The summed E-state index contributed by atoms with van der Waals surface area (Å²) in [5.74, 6) is 0. The van der Waals surface area contributed by atoms with Gasteiger partial charge in [0.2, 0.25) is 0 Å². The van der Waals surface area contributed by atoms with E-state index < -0.39 is 0 Å². The van der Waals surface area contributed by atoms with Crippen LogP contribution in [-0.4, -0.2) is 20.4 Å². The molecule has 0 bridgehead atoms. The molecule has 0 aliphatic heterocycles. The standard InChI is InChI=1S/C42H38N2O4/c45-27-33-7-19-39(20-8-33)43(40-21-9-34(28-46)10-22-40)37-15-3-31(4-16-37)1-2-32-5-17-38(18-6-32)44(41-23-11-35(29-47)12-24-41)42-25-13-36(30-48)14-26-42/h1-26,45-48H,27-30H2/b2-1-. The van der Waals surface area contributed by atoms with Gasteiger partial charge in [-0.25, -0.2) is 0 Å². The zero-order valence-corrected chi connectivity index (χ0v) is 26.5. The summed E-state index contributed by atoms with van der Waals surface area (Å²) in [5, 5.41) is 38.1. The van der Waals surface area contributed by atoms with Crippen molar-refractivity contribution in [3.05, 3.63) is 179 Å². The zero-order chi connectivity index (χ0) is 33.3. The van der Waals surface area contributed by atoms with Gasteiger partial charge in [-0.15, -0.1) is 0 Å². The molecule has 6 rings (SSSR count). The average Bonchev–Trinajstić information content (AvgIpc) is 3.16. The Morgan fingerprint density at radius 1 is 0.292 bits per heavy atom. The van der Waals surface area contributed by atoms with E-state index >= 15 is 0 Å². The van der Waals surface area contributed by atoms with Crippen molar-refractivity contribution in [1.29, 1.82) is 0 Å². The second kappa shape index (κ2) is 15.4. The third-order valence-electron chi connectivity index (χ3n) is 8.28. The average molecular weight is 635 g/mol. The highest BCUT2D eigenvalue weighted by atomic mass is 16.3. The van der Waals surface area contributed by atoms with E-state index in [4.69, 9.17) is 0 Å². The molecule has 0 fully saturated rings. The Morgan fingerprint density at radius 2 is 0.479 bits per heavy atom. The molecule has 6 aromatic carbocycles. The first-order chi connectivity index (χ1) is 23.6. The van der Waals surface area contributed by atoms with Gasteiger partial charge in [0, 0.05) is 34.1 Å². The highest BCUT2D eigenvalue weighted by molar-refractivity contribution is 5.80. The summed E-state index contributed by atoms with van der Waals surface area (Å²) < 4.78 is 0. The van der Waals surface area contributed by atoms with Gasteiger partial charge in [-0.05, 0) is 106 Å². The minimum Gasteiger partial charge on any atom is -0.392 e. The van der Waals surface area contributed by atoms with E-state index in [1.807, 2.05) is 97.1 Å². The lowest BCUT2D eigenvalue weighted by molar-refractivity contribution is 0.281. The van der Waals surface area contributed by atoms with Gasteiger partial charge in [0.05, 0.1) is 26.4 Å². The van der Waals surface area contributed by atoms with Crippen LogP contribution in [-0.2, 0) is 26.4 Å². The van der Waals surface area contributed by atoms with E-state index in [0.29, 0.717) is 0 Å². The van der Waals surface area contributed by atoms with E-state index in [2.05, 4.69) is 70.5 Å². The van der Waals surface area contributed by atoms with Crippen LogP contribution in [0, 0.1) is 0 Å². The first-order valence-electron chi connectivity index (χ1n) is 15.9. The molecule has 0 aliphatic carbocycles. The topological polar surface area (TPSA) is 87.4 Å². The zero-order valence-electron chi connectivity index (χ0n) is 26.5. The first-order valence-corrected chi connectivity index (χ1v) is 15.9. The molecule has 0 radical (unpaired) electrons. The van der Waals surface area contributed by atoms with Gasteiger partial charge >= 0.3 is 0 Å². The van der Waals surface area contributed by atoms with Gasteiger partial charge in [0.1, 0.15) is 0 Å². The maximum Gasteiger partial charge on any atom is 0.0681 e. The third-order valence-corrected chi connectivity index (χ3v) is 8.28. The van der Waals surface area contributed by atoms with Crippen molar-refractivity contribution in [2.24, 2.45) is 0 Å². The lowest BCUT2D eigenvalue weighted by Crippen LogP contribution is -2.10. The minimum absolute atomic E-state index is 0.00802. The predicted molar refractivity (Wildman–Crippen MR) is 195 cm³/mol. The van der Waals surface area contributed by atoms with Gasteiger partial charge in [-0.2, -0.15) is 0 Å². The van der Waals surface area contributed by atoms with Gasteiger partial charge in [-0.1, -0.05) is 84.9 Å². The number of hydrogen-bond donors (Lipinski definition) is 4. The Morgan fingerprint density at radius 3 is 0.667 bits per heavy atom. The molecule has 0 amide bonds. The van der Waals surface area contributed by atoms with Crippen molar-refractivity contribution in [3.63, 3.8) is 0 Å². The molecule has 6 aromatic rings. The molecule has 0 atom stereocenters. The van der Waals surface area contributed by atoms with Crippen LogP contribution in [0.4, 0.5) is 34.1 Å². The highest BCUT2D eigenvalue weighted by Gasteiger charge is 2.14. The molecule has 4 N–H and O–H groups in total. The van der Waals surface area contributed by atoms with Gasteiger partial charge < -0.3 is 30.2 Å². The molecule has 6 heteroatoms. The van der Waals surface area contributed by atoms with Crippen LogP contribution in [0.25, 0.3) is 12.2 Å². The van der Waals surface area contributed by atoms with Crippen LogP contribution in [0.3, 0.4) is 0 Å². The molecule has 0 heterocycles. The Kier molecular flexibility index (Phi) is 10.4. The summed E-state index contributed by atoms with van der Waals surface area (Å²) in [4.78, 5) is 4.30. The van der Waals surface area contributed by atoms with E-state index in [0.717, 1.165) is 67.5 Å². The van der Waals surface area contributed by atoms with Crippen molar-refractivity contribution >= 4 is 46.3 Å². The van der Waals surface area contributed by atoms with E-state index in [-0.39, 0.29) is 26.4 Å². The smallest absolute Gasteiger partial charge is 0.0681 e. The molecule has 0 unspecified atom stereocenters. The Labute approximate surface area is 281 Å². The van der Waals surface area contributed by atoms with Gasteiger partial charge in [0.25, 0.3) is 0 Å². The number of hydrogen-bond acceptors (Lipinski definition) is 6. The van der Waals surface area contributed by atoms with Crippen LogP contribution >= 0.6 is 0 Å². The second-order valence-corrected chi connectivity index (χ2v) is 11.5. The van der Waals surface area contributed by atoms with Gasteiger partial charge in [0.15, 0.2) is 0 Å². The first kappa shape index (κ1) is 32.4. The van der Waals surface area contributed by atoms with Gasteiger partial charge in [-0.3, -0.25) is 0 Å². The number of aliphatic hydroxyl groups excluding tert-OH is 4. The summed E-state index contributed by atoms with van der Waals surface area (Å²) in [5.41, 5.74) is 11.4. The quantitative estimate of drug-likeness (QED) is 0.101. The lowest BCUT2D eigenvalue weighted by atomic mass is 10.1. The third kappa shape index (κ3) is 7.55. The monoisotopic (exact) mass is 634 g/mol. The second-order valence-electron chi connectivity index (χ2n) is 11.5. The Balaban J connectivity index is 1.23. The van der Waals surface area contributed by atoms with Crippen LogP contribution in [0.5, 0.6) is 0 Å². The van der Waals surface area contributed by atoms with E-state index in [9.17, 15) is 20.4 Å². The molecule has 0 saturated heterocycles. The molecule has 240 valence electrons. The highest BCUT2D eigenvalue weighted by Crippen LogP contribution is 2.36. The Bertz CT molecular complexity index is 1680. The normalized spacial score (nSPS) is 11.2. The molecule has 0 spiro atoms. The van der Waals surface area contributed by atoms with Crippen molar-refractivity contribution in [2.75, 3.05) is 9.80 Å². The summed E-state index contributed by atoms with van der Waals surface area (Å²) in [6, 6.07) is 48.1. The van der Waals surface area contributed by atoms with Crippen LogP contribution < -0.4 is 9.80 Å². The fourth-order valence-corrected chi connectivity index (χ4v) is 5.56. The van der Waals surface area contributed by atoms with Crippen molar-refractivity contribution in [3.8, 4) is 0 Å². The van der Waals surface area contributed by atoms with Crippen LogP contribution in [0.2, 0.25) is 0 Å². The molecular weight excluding hydrogens is 596 g/mol. The largest absolute Gasteiger partial charge is 0.392 e. The molecule has 0 aromatic heterocycles. The summed E-state index contributed by atoms with van der Waals surface area (Å²) in [6.45, 7) is -0.0321. The number of nitrogens with zero attached hydrogens (tertiary/aromatic N) is 2. The summed E-state index contributed by atoms with van der Waals surface area (Å²) in [6.07, 6.45) is 4.18. The summed E-state index contributed by atoms with van der Waals surface area (Å²) >= 11 is 0. The van der Waals surface area contributed by atoms with Crippen molar-refractivity contribution < 1.29 is 20.4 Å². The van der Waals surface area contributed by atoms with Crippen molar-refractivity contribution in [1.82, 2.24) is 0 Å². The molecular formula is C42H38N2O4. The van der Waals surface area contributed by atoms with E-state index in [1.54, 1.807) is 0 Å². The lowest BCUT2D eigenvalue weighted by Gasteiger charge is -2.26. The van der Waals surface area contributed by atoms with Crippen LogP contribution in [0.15, 0.2) is 146 Å². The predicted octanol–water partition coefficient (Wildman–Crippen LogP) is 8.77. The number of anilines is 6. The molecule has 0 saturated carbocycles. The van der Waals surface area contributed by atoms with Crippen LogP contribution in [0.1, 0.15) is 33.4 Å². The number of aliphatic hydroxyl groups is 4. The molecule has 0 aliphatic rings. The number of benzene rings is 6. The maximum atomic E-state index is 9.53. The molecule has 48 heavy (non-hydrogen) atoms. The molecule has 6 nitrogen and oxygen atoms in total. The maximum absolute atomic E-state index is 9.53. The minimum atomic E-state index is -0.00802. The van der Waals surface area contributed by atoms with E-state index in [1.165, 1.54) is 0 Å². The Hall–Kier alpha value is -5.50. The summed E-state index contributed by atoms with van der Waals surface area (Å²) in [7, 11) is 0. The fraction of sp³-hybridized carbons (Fsp3) is 0.0952. The fourth-order valence-electron chi connectivity index (χ4n) is 5.56. The SMILES string of the molecule is OCc1ccc(N(c2ccc(/C=C\c3ccc(N(c4ccc(CO)cc4)c4ccc(CO)cc4)cc3)cc2)c2ccc(CO)cc2)cc1. The number of rotatable bonds is 12.